The maximum absolute atomic E-state index is 12.1. The first kappa shape index (κ1) is 19.0. The summed E-state index contributed by atoms with van der Waals surface area (Å²) in [4.78, 5) is 24.0. The lowest BCUT2D eigenvalue weighted by Crippen LogP contribution is -2.46. The Morgan fingerprint density at radius 3 is 2.82 bits per heavy atom. The molecule has 2 amide bonds. The minimum atomic E-state index is -0.847. The van der Waals surface area contributed by atoms with Crippen LogP contribution in [0.1, 0.15) is 5.56 Å². The number of hydrogen-bond donors (Lipinski definition) is 3. The number of ether oxygens (including phenoxy) is 3. The van der Waals surface area contributed by atoms with Gasteiger partial charge in [0.1, 0.15) is 6.61 Å². The van der Waals surface area contributed by atoms with Gasteiger partial charge in [-0.25, -0.2) is 5.43 Å². The molecule has 28 heavy (non-hydrogen) atoms. The van der Waals surface area contributed by atoms with Crippen molar-refractivity contribution < 1.29 is 28.9 Å². The fraction of sp³-hybridized carbons (Fsp3) is 0.211. The minimum Gasteiger partial charge on any atom is -0.504 e. The SMILES string of the molecule is COc1cccc(/C=N/NC(=O)CNC(=O)[C@H]2COc3ccccc3O2)c1O. The highest BCUT2D eigenvalue weighted by Gasteiger charge is 2.27. The molecule has 3 rings (SSSR count). The molecule has 1 atom stereocenters. The van der Waals surface area contributed by atoms with Crippen LogP contribution in [-0.2, 0) is 9.59 Å². The van der Waals surface area contributed by atoms with Crippen LogP contribution in [0, 0.1) is 0 Å². The molecule has 146 valence electrons. The summed E-state index contributed by atoms with van der Waals surface area (Å²) in [5, 5.41) is 16.1. The number of phenols is 1. The van der Waals surface area contributed by atoms with Crippen molar-refractivity contribution in [3.8, 4) is 23.0 Å². The van der Waals surface area contributed by atoms with Gasteiger partial charge in [-0.2, -0.15) is 5.10 Å². The number of nitrogens with zero attached hydrogens (tertiary/aromatic N) is 1. The molecule has 0 radical (unpaired) electrons. The first-order chi connectivity index (χ1) is 13.6. The highest BCUT2D eigenvalue weighted by atomic mass is 16.6. The van der Waals surface area contributed by atoms with Crippen LogP contribution in [0.2, 0.25) is 0 Å². The summed E-state index contributed by atoms with van der Waals surface area (Å²) < 4.78 is 16.0. The Morgan fingerprint density at radius 2 is 2.04 bits per heavy atom. The van der Waals surface area contributed by atoms with Crippen LogP contribution in [0.4, 0.5) is 0 Å². The van der Waals surface area contributed by atoms with Gasteiger partial charge in [0.2, 0.25) is 6.10 Å². The molecule has 1 aliphatic rings. The van der Waals surface area contributed by atoms with E-state index < -0.39 is 17.9 Å². The van der Waals surface area contributed by atoms with E-state index in [1.54, 1.807) is 42.5 Å². The monoisotopic (exact) mass is 385 g/mol. The van der Waals surface area contributed by atoms with Crippen molar-refractivity contribution in [1.82, 2.24) is 10.7 Å². The lowest BCUT2D eigenvalue weighted by molar-refractivity contribution is -0.132. The number of hydrazone groups is 1. The summed E-state index contributed by atoms with van der Waals surface area (Å²) in [6.07, 6.45) is 0.423. The zero-order valence-electron chi connectivity index (χ0n) is 15.0. The highest BCUT2D eigenvalue weighted by Crippen LogP contribution is 2.31. The first-order valence-electron chi connectivity index (χ1n) is 8.42. The van der Waals surface area contributed by atoms with E-state index in [2.05, 4.69) is 15.8 Å². The van der Waals surface area contributed by atoms with Gasteiger partial charge in [-0.1, -0.05) is 18.2 Å². The van der Waals surface area contributed by atoms with E-state index in [1.165, 1.54) is 13.3 Å². The van der Waals surface area contributed by atoms with Crippen molar-refractivity contribution in [3.05, 3.63) is 48.0 Å². The minimum absolute atomic E-state index is 0.0533. The first-order valence-corrected chi connectivity index (χ1v) is 8.42. The van der Waals surface area contributed by atoms with Crippen LogP contribution in [0.3, 0.4) is 0 Å². The number of para-hydroxylation sites is 3. The highest BCUT2D eigenvalue weighted by molar-refractivity contribution is 5.89. The van der Waals surface area contributed by atoms with Crippen LogP contribution in [0.15, 0.2) is 47.6 Å². The van der Waals surface area contributed by atoms with E-state index >= 15 is 0 Å². The number of hydrogen-bond acceptors (Lipinski definition) is 7. The Morgan fingerprint density at radius 1 is 1.25 bits per heavy atom. The van der Waals surface area contributed by atoms with Crippen LogP contribution in [0.5, 0.6) is 23.0 Å². The van der Waals surface area contributed by atoms with Gasteiger partial charge in [-0.15, -0.1) is 0 Å². The fourth-order valence-electron chi connectivity index (χ4n) is 2.45. The van der Waals surface area contributed by atoms with Crippen molar-refractivity contribution >= 4 is 18.0 Å². The number of nitrogens with one attached hydrogen (secondary N) is 2. The summed E-state index contributed by atoms with van der Waals surface area (Å²) in [6.45, 7) is -0.237. The average molecular weight is 385 g/mol. The second kappa shape index (κ2) is 8.76. The quantitative estimate of drug-likeness (QED) is 0.500. The van der Waals surface area contributed by atoms with Crippen LogP contribution < -0.4 is 25.0 Å². The molecule has 3 N–H and O–H groups in total. The van der Waals surface area contributed by atoms with Gasteiger partial charge in [0, 0.05) is 5.56 Å². The molecule has 2 aromatic carbocycles. The number of amides is 2. The Bertz CT molecular complexity index is 899. The molecule has 0 fully saturated rings. The third-order valence-corrected chi connectivity index (χ3v) is 3.87. The third-order valence-electron chi connectivity index (χ3n) is 3.87. The summed E-state index contributed by atoms with van der Waals surface area (Å²) >= 11 is 0. The number of benzene rings is 2. The predicted octanol–water partition coefficient (Wildman–Crippen LogP) is 0.807. The molecule has 9 nitrogen and oxygen atoms in total. The largest absolute Gasteiger partial charge is 0.504 e. The van der Waals surface area contributed by atoms with Crippen molar-refractivity contribution in [2.45, 2.75) is 6.10 Å². The maximum Gasteiger partial charge on any atom is 0.265 e. The van der Waals surface area contributed by atoms with Crippen molar-refractivity contribution in [1.29, 1.82) is 0 Å². The van der Waals surface area contributed by atoms with Crippen LogP contribution in [0.25, 0.3) is 0 Å². The van der Waals surface area contributed by atoms with Gasteiger partial charge < -0.3 is 24.6 Å². The molecule has 0 spiro atoms. The van der Waals surface area contributed by atoms with Crippen molar-refractivity contribution in [2.24, 2.45) is 5.10 Å². The Balaban J connectivity index is 1.46. The standard InChI is InChI=1S/C19H19N3O6/c1-26-15-8-4-5-12(18(15)24)9-21-22-17(23)10-20-19(25)16-11-27-13-6-2-3-7-14(13)28-16/h2-9,16,24H,10-11H2,1H3,(H,20,25)(H,22,23)/b21-9+/t16-/m1/s1. The Kier molecular flexibility index (Phi) is 5.95. The topological polar surface area (TPSA) is 118 Å². The molecular formula is C19H19N3O6. The van der Waals surface area contributed by atoms with E-state index in [-0.39, 0.29) is 18.9 Å². The summed E-state index contributed by atoms with van der Waals surface area (Å²) in [7, 11) is 1.43. The summed E-state index contributed by atoms with van der Waals surface area (Å²) in [6, 6.07) is 11.9. The average Bonchev–Trinajstić information content (AvgIpc) is 2.73. The van der Waals surface area contributed by atoms with E-state index in [1.807, 2.05) is 0 Å². The Labute approximate surface area is 160 Å². The van der Waals surface area contributed by atoms with Gasteiger partial charge in [-0.3, -0.25) is 9.59 Å². The van der Waals surface area contributed by atoms with Crippen molar-refractivity contribution in [2.75, 3.05) is 20.3 Å². The molecule has 2 aromatic rings. The smallest absolute Gasteiger partial charge is 0.265 e. The molecule has 0 bridgehead atoms. The van der Waals surface area contributed by atoms with Gasteiger partial charge >= 0.3 is 0 Å². The zero-order valence-corrected chi connectivity index (χ0v) is 15.0. The van der Waals surface area contributed by atoms with Gasteiger partial charge in [0.25, 0.3) is 11.8 Å². The Hall–Kier alpha value is -3.75. The van der Waals surface area contributed by atoms with E-state index in [4.69, 9.17) is 14.2 Å². The predicted molar refractivity (Wildman–Crippen MR) is 99.8 cm³/mol. The maximum atomic E-state index is 12.1. The molecule has 0 saturated heterocycles. The second-order valence-electron chi connectivity index (χ2n) is 5.77. The summed E-state index contributed by atoms with van der Waals surface area (Å²) in [5.74, 6) is 0.230. The fourth-order valence-corrected chi connectivity index (χ4v) is 2.45. The lowest BCUT2D eigenvalue weighted by Gasteiger charge is -2.25. The van der Waals surface area contributed by atoms with Crippen LogP contribution in [-0.4, -0.2) is 49.5 Å². The number of fused-ring (bicyclic) bond motifs is 1. The molecule has 0 aliphatic carbocycles. The van der Waals surface area contributed by atoms with Gasteiger partial charge in [-0.05, 0) is 24.3 Å². The number of phenolic OH excluding ortho intramolecular Hbond substituents is 1. The summed E-state index contributed by atoms with van der Waals surface area (Å²) in [5.41, 5.74) is 2.63. The second-order valence-corrected chi connectivity index (χ2v) is 5.77. The van der Waals surface area contributed by atoms with E-state index in [9.17, 15) is 14.7 Å². The molecule has 1 aliphatic heterocycles. The zero-order chi connectivity index (χ0) is 19.9. The normalized spacial score (nSPS) is 15.1. The number of carbonyl (C=O) groups is 2. The number of aromatic hydroxyl groups is 1. The van der Waals surface area contributed by atoms with Gasteiger partial charge in [0.05, 0.1) is 19.9 Å². The van der Waals surface area contributed by atoms with Gasteiger partial charge in [0.15, 0.2) is 23.0 Å². The number of methoxy groups -OCH3 is 1. The lowest BCUT2D eigenvalue weighted by atomic mass is 10.2. The molecular weight excluding hydrogens is 366 g/mol. The number of carbonyl (C=O) groups excluding carboxylic acids is 2. The number of rotatable bonds is 6. The molecule has 0 aromatic heterocycles. The molecule has 9 heteroatoms. The van der Waals surface area contributed by atoms with Crippen molar-refractivity contribution in [3.63, 3.8) is 0 Å². The molecule has 1 heterocycles. The molecule has 0 unspecified atom stereocenters. The third kappa shape index (κ3) is 4.50. The molecule has 0 saturated carbocycles. The van der Waals surface area contributed by atoms with E-state index in [0.29, 0.717) is 22.8 Å². The van der Waals surface area contributed by atoms with Crippen LogP contribution >= 0.6 is 0 Å². The van der Waals surface area contributed by atoms with E-state index in [0.717, 1.165) is 0 Å².